The molecule has 25 heavy (non-hydrogen) atoms. The van der Waals surface area contributed by atoms with E-state index in [1.165, 1.54) is 22.5 Å². The van der Waals surface area contributed by atoms with Crippen molar-refractivity contribution in [3.63, 3.8) is 0 Å². The largest absolute Gasteiger partial charge is 0.338 e. The Kier molecular flexibility index (Phi) is 5.36. The van der Waals surface area contributed by atoms with Crippen molar-refractivity contribution in [1.29, 1.82) is 0 Å². The van der Waals surface area contributed by atoms with Crippen LogP contribution >= 0.6 is 23.2 Å². The van der Waals surface area contributed by atoms with E-state index in [9.17, 15) is 8.42 Å². The summed E-state index contributed by atoms with van der Waals surface area (Å²) in [4.78, 5) is 6.51. The molecule has 1 fully saturated rings. The fourth-order valence-electron chi connectivity index (χ4n) is 2.76. The first-order valence-corrected chi connectivity index (χ1v) is 9.98. The first-order chi connectivity index (χ1) is 11.8. The van der Waals surface area contributed by atoms with E-state index < -0.39 is 10.0 Å². The summed E-state index contributed by atoms with van der Waals surface area (Å²) in [5.74, 6) is 1.13. The summed E-state index contributed by atoms with van der Waals surface area (Å²) in [7, 11) is -3.60. The number of nitrogens with zero attached hydrogens (tertiary/aromatic N) is 4. The average Bonchev–Trinajstić information content (AvgIpc) is 3.03. The Morgan fingerprint density at radius 3 is 2.40 bits per heavy atom. The number of sulfonamides is 1. The zero-order chi connectivity index (χ0) is 18.2. The number of aryl methyl sites for hydroxylation is 1. The van der Waals surface area contributed by atoms with Gasteiger partial charge in [0.2, 0.25) is 15.9 Å². The van der Waals surface area contributed by atoms with E-state index in [-0.39, 0.29) is 16.0 Å². The van der Waals surface area contributed by atoms with Crippen molar-refractivity contribution >= 4 is 33.2 Å². The van der Waals surface area contributed by atoms with Crippen LogP contribution in [0.1, 0.15) is 24.7 Å². The molecule has 7 nitrogen and oxygen atoms in total. The van der Waals surface area contributed by atoms with Gasteiger partial charge in [-0.25, -0.2) is 8.42 Å². The van der Waals surface area contributed by atoms with Crippen LogP contribution in [-0.2, 0) is 10.0 Å². The molecule has 1 aromatic heterocycles. The van der Waals surface area contributed by atoms with Crippen LogP contribution in [0.3, 0.4) is 0 Å². The van der Waals surface area contributed by atoms with E-state index in [0.29, 0.717) is 42.9 Å². The Balaban J connectivity index is 1.69. The van der Waals surface area contributed by atoms with Gasteiger partial charge < -0.3 is 4.52 Å². The molecule has 2 aromatic rings. The van der Waals surface area contributed by atoms with Gasteiger partial charge in [-0.05, 0) is 32.0 Å². The zero-order valence-corrected chi connectivity index (χ0v) is 16.1. The van der Waals surface area contributed by atoms with Crippen LogP contribution in [0.5, 0.6) is 0 Å². The van der Waals surface area contributed by atoms with Gasteiger partial charge in [0.1, 0.15) is 0 Å². The zero-order valence-electron chi connectivity index (χ0n) is 13.8. The summed E-state index contributed by atoms with van der Waals surface area (Å²) < 4.78 is 32.2. The van der Waals surface area contributed by atoms with Crippen molar-refractivity contribution in [2.24, 2.45) is 0 Å². The molecular weight excluding hydrogens is 387 g/mol. The molecule has 1 aliphatic rings. The molecule has 1 unspecified atom stereocenters. The Bertz CT molecular complexity index is 863. The molecule has 0 radical (unpaired) electrons. The predicted octanol–water partition coefficient (Wildman–Crippen LogP) is 2.75. The molecule has 1 aromatic carbocycles. The van der Waals surface area contributed by atoms with Gasteiger partial charge in [-0.1, -0.05) is 28.4 Å². The molecule has 0 amide bonds. The minimum Gasteiger partial charge on any atom is -0.338 e. The highest BCUT2D eigenvalue weighted by atomic mass is 35.5. The van der Waals surface area contributed by atoms with Gasteiger partial charge in [-0.2, -0.15) is 9.29 Å². The van der Waals surface area contributed by atoms with Crippen LogP contribution in [0.15, 0.2) is 27.6 Å². The number of hydrogen-bond acceptors (Lipinski definition) is 6. The summed E-state index contributed by atoms with van der Waals surface area (Å²) in [5.41, 5.74) is 0. The van der Waals surface area contributed by atoms with Crippen molar-refractivity contribution in [1.82, 2.24) is 19.3 Å². The Morgan fingerprint density at radius 2 is 1.84 bits per heavy atom. The fraction of sp³-hybridized carbons (Fsp3) is 0.467. The van der Waals surface area contributed by atoms with Crippen LogP contribution in [0.2, 0.25) is 10.0 Å². The second kappa shape index (κ2) is 7.20. The SMILES string of the molecule is Cc1noc(C(C)N2CCN(S(=O)(=O)c3ccc(Cl)c(Cl)c3)CC2)n1. The van der Waals surface area contributed by atoms with E-state index in [0.717, 1.165) is 0 Å². The Hall–Kier alpha value is -1.19. The van der Waals surface area contributed by atoms with Crippen LogP contribution < -0.4 is 0 Å². The second-order valence-corrected chi connectivity index (χ2v) is 8.62. The van der Waals surface area contributed by atoms with Crippen molar-refractivity contribution < 1.29 is 12.9 Å². The van der Waals surface area contributed by atoms with Crippen molar-refractivity contribution in [2.45, 2.75) is 24.8 Å². The van der Waals surface area contributed by atoms with E-state index in [4.69, 9.17) is 27.7 Å². The highest BCUT2D eigenvalue weighted by Gasteiger charge is 2.32. The number of aromatic nitrogens is 2. The smallest absolute Gasteiger partial charge is 0.243 e. The van der Waals surface area contributed by atoms with Gasteiger partial charge >= 0.3 is 0 Å². The lowest BCUT2D eigenvalue weighted by molar-refractivity contribution is 0.124. The molecule has 1 aliphatic heterocycles. The van der Waals surface area contributed by atoms with E-state index in [2.05, 4.69) is 15.0 Å². The highest BCUT2D eigenvalue weighted by molar-refractivity contribution is 7.89. The minimum absolute atomic E-state index is 0.0592. The molecule has 136 valence electrons. The number of rotatable bonds is 4. The quantitative estimate of drug-likeness (QED) is 0.779. The number of piperazine rings is 1. The van der Waals surface area contributed by atoms with Gasteiger partial charge in [0.15, 0.2) is 5.82 Å². The monoisotopic (exact) mass is 404 g/mol. The van der Waals surface area contributed by atoms with Crippen LogP contribution in [0.25, 0.3) is 0 Å². The summed E-state index contributed by atoms with van der Waals surface area (Å²) in [6.07, 6.45) is 0. The molecule has 10 heteroatoms. The summed E-state index contributed by atoms with van der Waals surface area (Å²) in [6.45, 7) is 5.63. The molecule has 3 rings (SSSR count). The van der Waals surface area contributed by atoms with Gasteiger partial charge in [-0.15, -0.1) is 0 Å². The van der Waals surface area contributed by atoms with Crippen molar-refractivity contribution in [3.8, 4) is 0 Å². The maximum atomic E-state index is 12.8. The van der Waals surface area contributed by atoms with E-state index in [1.54, 1.807) is 6.92 Å². The summed E-state index contributed by atoms with van der Waals surface area (Å²) in [5, 5.41) is 4.35. The Labute approximate surface area is 156 Å². The van der Waals surface area contributed by atoms with Crippen LogP contribution in [0, 0.1) is 6.92 Å². The molecule has 0 aliphatic carbocycles. The van der Waals surface area contributed by atoms with Crippen LogP contribution in [-0.4, -0.2) is 53.9 Å². The highest BCUT2D eigenvalue weighted by Crippen LogP contribution is 2.28. The number of hydrogen-bond donors (Lipinski definition) is 0. The molecule has 1 atom stereocenters. The van der Waals surface area contributed by atoms with Gasteiger partial charge in [0.25, 0.3) is 0 Å². The van der Waals surface area contributed by atoms with Crippen LogP contribution in [0.4, 0.5) is 0 Å². The summed E-state index contributed by atoms with van der Waals surface area (Å²) in [6, 6.07) is 4.29. The molecule has 0 saturated carbocycles. The van der Waals surface area contributed by atoms with Gasteiger partial charge in [0, 0.05) is 26.2 Å². The standard InChI is InChI=1S/C15H18Cl2N4O3S/c1-10(15-18-11(2)19-24-15)20-5-7-21(8-6-20)25(22,23)12-3-4-13(16)14(17)9-12/h3-4,9-10H,5-8H2,1-2H3. The third-order valence-electron chi connectivity index (χ3n) is 4.25. The lowest BCUT2D eigenvalue weighted by Gasteiger charge is -2.36. The Morgan fingerprint density at radius 1 is 1.16 bits per heavy atom. The third-order valence-corrected chi connectivity index (χ3v) is 6.88. The minimum atomic E-state index is -3.60. The average molecular weight is 405 g/mol. The predicted molar refractivity (Wildman–Crippen MR) is 94.2 cm³/mol. The second-order valence-electron chi connectivity index (χ2n) is 5.87. The van der Waals surface area contributed by atoms with E-state index >= 15 is 0 Å². The number of halogens is 2. The van der Waals surface area contributed by atoms with Gasteiger partial charge in [-0.3, -0.25) is 4.90 Å². The first kappa shape index (κ1) is 18.6. The molecular formula is C15H18Cl2N4O3S. The molecule has 2 heterocycles. The lowest BCUT2D eigenvalue weighted by atomic mass is 10.2. The maximum absolute atomic E-state index is 12.8. The van der Waals surface area contributed by atoms with Gasteiger partial charge in [0.05, 0.1) is 21.0 Å². The van der Waals surface area contributed by atoms with E-state index in [1.807, 2.05) is 6.92 Å². The normalized spacial score (nSPS) is 18.4. The summed E-state index contributed by atoms with van der Waals surface area (Å²) >= 11 is 11.8. The molecule has 0 bridgehead atoms. The lowest BCUT2D eigenvalue weighted by Crippen LogP contribution is -2.49. The molecule has 0 spiro atoms. The number of benzene rings is 1. The first-order valence-electron chi connectivity index (χ1n) is 7.78. The topological polar surface area (TPSA) is 79.5 Å². The van der Waals surface area contributed by atoms with Crippen molar-refractivity contribution in [3.05, 3.63) is 40.0 Å². The molecule has 0 N–H and O–H groups in total. The molecule has 1 saturated heterocycles. The fourth-order valence-corrected chi connectivity index (χ4v) is 4.57. The van der Waals surface area contributed by atoms with Crippen molar-refractivity contribution in [2.75, 3.05) is 26.2 Å². The maximum Gasteiger partial charge on any atom is 0.243 e. The third kappa shape index (κ3) is 3.83.